The molecule has 0 atom stereocenters. The van der Waals surface area contributed by atoms with Crippen LogP contribution in [0.3, 0.4) is 0 Å². The van der Waals surface area contributed by atoms with Gasteiger partial charge < -0.3 is 4.90 Å². The predicted molar refractivity (Wildman–Crippen MR) is 85.5 cm³/mol. The highest BCUT2D eigenvalue weighted by Gasteiger charge is 2.25. The normalized spacial score (nSPS) is 16.2. The first-order valence-electron chi connectivity index (χ1n) is 7.84. The average Bonchev–Trinajstić information content (AvgIpc) is 2.53. The number of nitrogens with zero attached hydrogens (tertiary/aromatic N) is 1. The molecule has 0 bridgehead atoms. The molecule has 0 radical (unpaired) electrons. The summed E-state index contributed by atoms with van der Waals surface area (Å²) in [7, 11) is 0. The standard InChI is InChI=1S/C18H23N3/c1-15-6-7-16(2)17(13-15)14-20-9-11-21(12-10-20)18-5-3-4-8-19-18/h3-8,13H,9-12,14H2,1-2H3/p+2. The molecule has 3 heteroatoms. The molecule has 1 aromatic carbocycles. The van der Waals surface area contributed by atoms with Gasteiger partial charge in [-0.1, -0.05) is 29.8 Å². The van der Waals surface area contributed by atoms with Gasteiger partial charge in [-0.25, -0.2) is 4.98 Å². The van der Waals surface area contributed by atoms with Crippen LogP contribution >= 0.6 is 0 Å². The van der Waals surface area contributed by atoms with Gasteiger partial charge >= 0.3 is 0 Å². The molecule has 21 heavy (non-hydrogen) atoms. The minimum Gasteiger partial charge on any atom is -0.325 e. The number of pyridine rings is 1. The number of aromatic amines is 1. The van der Waals surface area contributed by atoms with Crippen LogP contribution in [0.15, 0.2) is 42.6 Å². The van der Waals surface area contributed by atoms with E-state index in [0.717, 1.165) is 19.6 Å². The van der Waals surface area contributed by atoms with Crippen LogP contribution in [0.2, 0.25) is 0 Å². The number of H-pyrrole nitrogens is 1. The second-order valence-corrected chi connectivity index (χ2v) is 6.09. The van der Waals surface area contributed by atoms with Crippen molar-refractivity contribution in [1.29, 1.82) is 0 Å². The van der Waals surface area contributed by atoms with Crippen LogP contribution in [-0.2, 0) is 6.54 Å². The van der Waals surface area contributed by atoms with E-state index in [-0.39, 0.29) is 0 Å². The zero-order valence-electron chi connectivity index (χ0n) is 13.0. The lowest BCUT2D eigenvalue weighted by molar-refractivity contribution is -0.914. The van der Waals surface area contributed by atoms with Crippen molar-refractivity contribution in [3.63, 3.8) is 0 Å². The Kier molecular flexibility index (Phi) is 4.20. The van der Waals surface area contributed by atoms with Gasteiger partial charge in [0.1, 0.15) is 32.7 Å². The lowest BCUT2D eigenvalue weighted by Gasteiger charge is -2.28. The zero-order chi connectivity index (χ0) is 14.7. The third kappa shape index (κ3) is 3.42. The van der Waals surface area contributed by atoms with E-state index in [1.54, 1.807) is 4.90 Å². The Hall–Kier alpha value is -1.87. The molecule has 2 heterocycles. The van der Waals surface area contributed by atoms with E-state index in [9.17, 15) is 0 Å². The maximum absolute atomic E-state index is 3.34. The second-order valence-electron chi connectivity index (χ2n) is 6.09. The summed E-state index contributed by atoms with van der Waals surface area (Å²) in [6.07, 6.45) is 2.00. The fraction of sp³-hybridized carbons (Fsp3) is 0.389. The third-order valence-corrected chi connectivity index (χ3v) is 4.45. The first-order chi connectivity index (χ1) is 10.2. The Morgan fingerprint density at radius 2 is 1.90 bits per heavy atom. The molecule has 1 saturated heterocycles. The second kappa shape index (κ2) is 6.27. The van der Waals surface area contributed by atoms with Crippen LogP contribution < -0.4 is 14.8 Å². The van der Waals surface area contributed by atoms with Gasteiger partial charge in [-0.2, -0.15) is 0 Å². The number of rotatable bonds is 3. The average molecular weight is 283 g/mol. The molecule has 0 spiro atoms. The number of piperazine rings is 1. The van der Waals surface area contributed by atoms with Crippen LogP contribution in [0.4, 0.5) is 5.82 Å². The molecule has 0 aliphatic carbocycles. The number of hydrogen-bond acceptors (Lipinski definition) is 1. The van der Waals surface area contributed by atoms with Gasteiger partial charge in [-0.3, -0.25) is 4.90 Å². The Morgan fingerprint density at radius 3 is 2.62 bits per heavy atom. The van der Waals surface area contributed by atoms with Gasteiger partial charge in [0.05, 0.1) is 6.20 Å². The summed E-state index contributed by atoms with van der Waals surface area (Å²) < 4.78 is 0. The van der Waals surface area contributed by atoms with Crippen molar-refractivity contribution >= 4 is 5.82 Å². The fourth-order valence-electron chi connectivity index (χ4n) is 3.08. The number of benzene rings is 1. The number of quaternary nitrogens is 1. The van der Waals surface area contributed by atoms with Crippen LogP contribution in [0.25, 0.3) is 0 Å². The SMILES string of the molecule is Cc1ccc(C)c(C[NH+]2CCN(c3cccc[nH+]3)CC2)c1. The zero-order valence-corrected chi connectivity index (χ0v) is 13.0. The predicted octanol–water partition coefficient (Wildman–Crippen LogP) is 1.02. The highest BCUT2D eigenvalue weighted by atomic mass is 15.3. The molecule has 3 rings (SSSR count). The Bertz CT molecular complexity index is 587. The number of aromatic nitrogens is 1. The van der Waals surface area contributed by atoms with Gasteiger partial charge in [0.2, 0.25) is 0 Å². The van der Waals surface area contributed by atoms with E-state index in [2.05, 4.69) is 54.1 Å². The minimum atomic E-state index is 1.13. The molecule has 1 aliphatic heterocycles. The Balaban J connectivity index is 1.60. The Morgan fingerprint density at radius 1 is 1.10 bits per heavy atom. The van der Waals surface area contributed by atoms with Crippen molar-refractivity contribution in [1.82, 2.24) is 0 Å². The summed E-state index contributed by atoms with van der Waals surface area (Å²) in [6.45, 7) is 10.2. The molecule has 0 amide bonds. The molecule has 1 aromatic heterocycles. The molecule has 3 nitrogen and oxygen atoms in total. The highest BCUT2D eigenvalue weighted by molar-refractivity contribution is 5.32. The van der Waals surface area contributed by atoms with Crippen LogP contribution in [0, 0.1) is 13.8 Å². The van der Waals surface area contributed by atoms with Crippen LogP contribution in [0.5, 0.6) is 0 Å². The third-order valence-electron chi connectivity index (χ3n) is 4.45. The molecule has 2 N–H and O–H groups in total. The number of aryl methyl sites for hydroxylation is 2. The van der Waals surface area contributed by atoms with Gasteiger partial charge in [-0.05, 0) is 25.5 Å². The molecule has 110 valence electrons. The van der Waals surface area contributed by atoms with Crippen molar-refractivity contribution in [3.8, 4) is 0 Å². The largest absolute Gasteiger partial charge is 0.325 e. The summed E-state index contributed by atoms with van der Waals surface area (Å²) in [4.78, 5) is 7.48. The van der Waals surface area contributed by atoms with Gasteiger partial charge in [0.25, 0.3) is 5.82 Å². The molecule has 0 saturated carbocycles. The topological polar surface area (TPSA) is 21.8 Å². The first kappa shape index (κ1) is 14.1. The number of anilines is 1. The summed E-state index contributed by atoms with van der Waals surface area (Å²) in [6, 6.07) is 13.1. The monoisotopic (exact) mass is 283 g/mol. The van der Waals surface area contributed by atoms with E-state index in [0.29, 0.717) is 0 Å². The molecular weight excluding hydrogens is 258 g/mol. The molecule has 0 unspecified atom stereocenters. The van der Waals surface area contributed by atoms with E-state index >= 15 is 0 Å². The minimum absolute atomic E-state index is 1.13. The molecule has 1 fully saturated rings. The lowest BCUT2D eigenvalue weighted by atomic mass is 10.0. The van der Waals surface area contributed by atoms with Crippen molar-refractivity contribution in [3.05, 3.63) is 59.3 Å². The quantitative estimate of drug-likeness (QED) is 0.892. The van der Waals surface area contributed by atoms with Gasteiger partial charge in [0.15, 0.2) is 0 Å². The fourth-order valence-corrected chi connectivity index (χ4v) is 3.08. The van der Waals surface area contributed by atoms with Gasteiger partial charge in [0, 0.05) is 11.6 Å². The van der Waals surface area contributed by atoms with E-state index in [1.165, 1.54) is 35.6 Å². The van der Waals surface area contributed by atoms with Crippen LogP contribution in [-0.4, -0.2) is 26.2 Å². The summed E-state index contributed by atoms with van der Waals surface area (Å²) in [5.74, 6) is 1.24. The molecule has 2 aromatic rings. The Labute approximate surface area is 127 Å². The van der Waals surface area contributed by atoms with E-state index in [4.69, 9.17) is 0 Å². The summed E-state index contributed by atoms with van der Waals surface area (Å²) in [5, 5.41) is 0. The summed E-state index contributed by atoms with van der Waals surface area (Å²) >= 11 is 0. The van der Waals surface area contributed by atoms with E-state index < -0.39 is 0 Å². The lowest BCUT2D eigenvalue weighted by Crippen LogP contribution is -3.13. The summed E-state index contributed by atoms with van der Waals surface area (Å²) in [5.41, 5.74) is 4.30. The van der Waals surface area contributed by atoms with Gasteiger partial charge in [-0.15, -0.1) is 0 Å². The van der Waals surface area contributed by atoms with Crippen molar-refractivity contribution < 1.29 is 9.88 Å². The van der Waals surface area contributed by atoms with Crippen molar-refractivity contribution in [2.45, 2.75) is 20.4 Å². The molecule has 1 aliphatic rings. The highest BCUT2D eigenvalue weighted by Crippen LogP contribution is 2.10. The van der Waals surface area contributed by atoms with Crippen molar-refractivity contribution in [2.24, 2.45) is 0 Å². The maximum atomic E-state index is 3.34. The smallest absolute Gasteiger partial charge is 0.274 e. The maximum Gasteiger partial charge on any atom is 0.274 e. The first-order valence-corrected chi connectivity index (χ1v) is 7.84. The molecular formula is C18H25N3+2. The number of hydrogen-bond donors (Lipinski definition) is 1. The van der Waals surface area contributed by atoms with Crippen molar-refractivity contribution in [2.75, 3.05) is 31.1 Å². The van der Waals surface area contributed by atoms with Crippen LogP contribution in [0.1, 0.15) is 16.7 Å². The number of nitrogens with one attached hydrogen (secondary N) is 2. The van der Waals surface area contributed by atoms with E-state index in [1.807, 2.05) is 12.3 Å².